The number of nitrogens with one attached hydrogen (secondary N) is 1. The first kappa shape index (κ1) is 34.9. The van der Waals surface area contributed by atoms with Gasteiger partial charge in [-0.05, 0) is 68.7 Å². The number of methoxy groups -OCH3 is 1. The molecule has 0 radical (unpaired) electrons. The van der Waals surface area contributed by atoms with Crippen molar-refractivity contribution < 1.29 is 22.7 Å². The van der Waals surface area contributed by atoms with Gasteiger partial charge in [-0.3, -0.25) is 13.9 Å². The Balaban J connectivity index is 1.79. The zero-order chi connectivity index (χ0) is 32.7. The van der Waals surface area contributed by atoms with E-state index < -0.39 is 28.5 Å². The monoisotopic (exact) mass is 693 g/mol. The predicted molar refractivity (Wildman–Crippen MR) is 180 cm³/mol. The number of amides is 2. The van der Waals surface area contributed by atoms with Crippen LogP contribution in [0.5, 0.6) is 5.75 Å². The molecule has 1 aliphatic carbocycles. The highest BCUT2D eigenvalue weighted by atomic mass is 35.5. The number of carbonyl (C=O) groups excluding carboxylic acids is 2. The molecular weight excluding hydrogens is 657 g/mol. The van der Waals surface area contributed by atoms with Gasteiger partial charge in [-0.2, -0.15) is 0 Å². The van der Waals surface area contributed by atoms with E-state index in [0.717, 1.165) is 42.0 Å². The van der Waals surface area contributed by atoms with E-state index in [1.54, 1.807) is 43.3 Å². The summed E-state index contributed by atoms with van der Waals surface area (Å²) in [5, 5.41) is 4.02. The van der Waals surface area contributed by atoms with Crippen molar-refractivity contribution >= 4 is 62.3 Å². The maximum atomic E-state index is 14.4. The number of carbonyl (C=O) groups is 2. The highest BCUT2D eigenvalue weighted by Crippen LogP contribution is 2.35. The Morgan fingerprint density at radius 3 is 2.22 bits per heavy atom. The summed E-state index contributed by atoms with van der Waals surface area (Å²) in [5.41, 5.74) is 1.40. The summed E-state index contributed by atoms with van der Waals surface area (Å²) in [4.78, 5) is 29.5. The van der Waals surface area contributed by atoms with Gasteiger partial charge in [0.25, 0.3) is 10.0 Å². The fourth-order valence-electron chi connectivity index (χ4n) is 5.53. The Morgan fingerprint density at radius 2 is 1.62 bits per heavy atom. The molecule has 242 valence electrons. The number of ether oxygens (including phenoxy) is 1. The second kappa shape index (κ2) is 15.5. The predicted octanol–water partition coefficient (Wildman–Crippen LogP) is 7.42. The number of sulfonamides is 1. The number of hydrogen-bond acceptors (Lipinski definition) is 5. The zero-order valence-corrected chi connectivity index (χ0v) is 28.6. The molecule has 3 aromatic rings. The number of hydrogen-bond donors (Lipinski definition) is 1. The Labute approximate surface area is 280 Å². The molecule has 0 spiro atoms. The lowest BCUT2D eigenvalue weighted by molar-refractivity contribution is -0.140. The number of rotatable bonds is 12. The van der Waals surface area contributed by atoms with Gasteiger partial charge >= 0.3 is 0 Å². The standard InChI is InChI=1S/C33H38Cl3N3O5S/c1-4-29(33(41)37-24-9-6-5-7-10-24)38(20-26-27(35)11-8-12-28(26)36)32(40)21-39(30-19-23(34)15-18-31(30)44-3)45(42,43)25-16-13-22(2)14-17-25/h8,11-19,24,29H,4-7,9-10,20-21H2,1-3H3,(H,37,41). The lowest BCUT2D eigenvalue weighted by Crippen LogP contribution is -2.54. The number of anilines is 1. The van der Waals surface area contributed by atoms with E-state index in [-0.39, 0.29) is 46.3 Å². The Morgan fingerprint density at radius 1 is 0.978 bits per heavy atom. The van der Waals surface area contributed by atoms with Gasteiger partial charge in [-0.25, -0.2) is 8.42 Å². The fraction of sp³-hybridized carbons (Fsp3) is 0.394. The van der Waals surface area contributed by atoms with Crippen LogP contribution in [0, 0.1) is 6.92 Å². The molecular formula is C33H38Cl3N3O5S. The summed E-state index contributed by atoms with van der Waals surface area (Å²) >= 11 is 19.4. The van der Waals surface area contributed by atoms with Gasteiger partial charge < -0.3 is 15.0 Å². The quantitative estimate of drug-likeness (QED) is 0.213. The summed E-state index contributed by atoms with van der Waals surface area (Å²) in [7, 11) is -2.92. The molecule has 0 aromatic heterocycles. The molecule has 2 amide bonds. The first-order chi connectivity index (χ1) is 21.5. The third kappa shape index (κ3) is 8.44. The molecule has 45 heavy (non-hydrogen) atoms. The average Bonchev–Trinajstić information content (AvgIpc) is 3.01. The normalized spacial score (nSPS) is 14.4. The maximum absolute atomic E-state index is 14.4. The summed E-state index contributed by atoms with van der Waals surface area (Å²) in [5.74, 6) is -0.741. The van der Waals surface area contributed by atoms with Crippen LogP contribution in [0.15, 0.2) is 65.6 Å². The first-order valence-corrected chi connectivity index (χ1v) is 17.5. The minimum atomic E-state index is -4.32. The van der Waals surface area contributed by atoms with Gasteiger partial charge in [0.05, 0.1) is 17.7 Å². The molecule has 8 nitrogen and oxygen atoms in total. The van der Waals surface area contributed by atoms with Gasteiger partial charge in [-0.15, -0.1) is 0 Å². The van der Waals surface area contributed by atoms with E-state index in [1.165, 1.54) is 36.3 Å². The second-order valence-corrected chi connectivity index (χ2v) is 14.2. The van der Waals surface area contributed by atoms with Gasteiger partial charge in [0.2, 0.25) is 11.8 Å². The summed E-state index contributed by atoms with van der Waals surface area (Å²) < 4.78 is 34.9. The van der Waals surface area contributed by atoms with Crippen molar-refractivity contribution in [2.75, 3.05) is 18.0 Å². The minimum Gasteiger partial charge on any atom is -0.495 e. The SMILES string of the molecule is CCC(C(=O)NC1CCCCC1)N(Cc1c(Cl)cccc1Cl)C(=O)CN(c1cc(Cl)ccc1OC)S(=O)(=O)c1ccc(C)cc1. The summed E-state index contributed by atoms with van der Waals surface area (Å²) in [6.07, 6.45) is 5.17. The Bertz CT molecular complexity index is 1590. The number of aryl methyl sites for hydroxylation is 1. The van der Waals surface area contributed by atoms with Crippen LogP contribution >= 0.6 is 34.8 Å². The molecule has 1 saturated carbocycles. The highest BCUT2D eigenvalue weighted by Gasteiger charge is 2.36. The molecule has 1 fully saturated rings. The van der Waals surface area contributed by atoms with Crippen LogP contribution in [-0.2, 0) is 26.2 Å². The van der Waals surface area contributed by atoms with Gasteiger partial charge in [0.15, 0.2) is 0 Å². The van der Waals surface area contributed by atoms with Crippen LogP contribution in [0.1, 0.15) is 56.6 Å². The van der Waals surface area contributed by atoms with Crippen LogP contribution < -0.4 is 14.4 Å². The second-order valence-electron chi connectivity index (χ2n) is 11.1. The fourth-order valence-corrected chi connectivity index (χ4v) is 7.63. The van der Waals surface area contributed by atoms with Gasteiger partial charge in [-0.1, -0.05) is 84.8 Å². The van der Waals surface area contributed by atoms with Crippen molar-refractivity contribution in [3.8, 4) is 5.75 Å². The van der Waals surface area contributed by atoms with Crippen LogP contribution in [0.2, 0.25) is 15.1 Å². The lowest BCUT2D eigenvalue weighted by Gasteiger charge is -2.35. The van der Waals surface area contributed by atoms with Gasteiger partial charge in [0.1, 0.15) is 18.3 Å². The molecule has 1 aliphatic rings. The lowest BCUT2D eigenvalue weighted by atomic mass is 9.95. The van der Waals surface area contributed by atoms with Crippen LogP contribution in [0.4, 0.5) is 5.69 Å². The van der Waals surface area contributed by atoms with Crippen LogP contribution in [0.25, 0.3) is 0 Å². The van der Waals surface area contributed by atoms with Crippen LogP contribution in [-0.4, -0.2) is 50.9 Å². The van der Waals surface area contributed by atoms with Crippen LogP contribution in [0.3, 0.4) is 0 Å². The molecule has 1 unspecified atom stereocenters. The zero-order valence-electron chi connectivity index (χ0n) is 25.6. The van der Waals surface area contributed by atoms with Crippen molar-refractivity contribution in [2.24, 2.45) is 0 Å². The molecule has 0 aliphatic heterocycles. The van der Waals surface area contributed by atoms with Gasteiger partial charge in [0, 0.05) is 33.2 Å². The van der Waals surface area contributed by atoms with E-state index >= 15 is 0 Å². The summed E-state index contributed by atoms with van der Waals surface area (Å²) in [6.45, 7) is 2.89. The smallest absolute Gasteiger partial charge is 0.264 e. The number of halogens is 3. The molecule has 1 atom stereocenters. The van der Waals surface area contributed by atoms with E-state index in [0.29, 0.717) is 15.6 Å². The van der Waals surface area contributed by atoms with E-state index in [9.17, 15) is 18.0 Å². The molecule has 0 heterocycles. The molecule has 4 rings (SSSR count). The topological polar surface area (TPSA) is 96.0 Å². The molecule has 12 heteroatoms. The third-order valence-electron chi connectivity index (χ3n) is 8.03. The van der Waals surface area contributed by atoms with Crippen molar-refractivity contribution in [1.82, 2.24) is 10.2 Å². The average molecular weight is 695 g/mol. The Hall–Kier alpha value is -2.98. The molecule has 1 N–H and O–H groups in total. The van der Waals surface area contributed by atoms with E-state index in [2.05, 4.69) is 5.32 Å². The van der Waals surface area contributed by atoms with Crippen molar-refractivity contribution in [3.63, 3.8) is 0 Å². The van der Waals surface area contributed by atoms with Crippen molar-refractivity contribution in [3.05, 3.63) is 86.9 Å². The summed E-state index contributed by atoms with van der Waals surface area (Å²) in [6, 6.07) is 14.9. The number of nitrogens with zero attached hydrogens (tertiary/aromatic N) is 2. The van der Waals surface area contributed by atoms with Crippen molar-refractivity contribution in [1.29, 1.82) is 0 Å². The third-order valence-corrected chi connectivity index (χ3v) is 10.7. The van der Waals surface area contributed by atoms with Crippen molar-refractivity contribution in [2.45, 2.75) is 75.9 Å². The molecule has 3 aromatic carbocycles. The largest absolute Gasteiger partial charge is 0.495 e. The minimum absolute atomic E-state index is 0.00953. The van der Waals surface area contributed by atoms with E-state index in [4.69, 9.17) is 39.5 Å². The Kier molecular flexibility index (Phi) is 12.0. The number of benzene rings is 3. The molecule has 0 saturated heterocycles. The maximum Gasteiger partial charge on any atom is 0.264 e. The first-order valence-electron chi connectivity index (χ1n) is 14.9. The highest BCUT2D eigenvalue weighted by molar-refractivity contribution is 7.92. The molecule has 0 bridgehead atoms. The van der Waals surface area contributed by atoms with E-state index in [1.807, 2.05) is 6.92 Å².